The van der Waals surface area contributed by atoms with E-state index in [1.807, 2.05) is 0 Å². The molecule has 0 spiro atoms. The van der Waals surface area contributed by atoms with Gasteiger partial charge in [-0.15, -0.1) is 6.58 Å². The van der Waals surface area contributed by atoms with Gasteiger partial charge in [0.25, 0.3) is 0 Å². The number of nitrogens with two attached hydrogens (primary N) is 1. The fraction of sp³-hybridized carbons (Fsp3) is 0.462. The summed E-state index contributed by atoms with van der Waals surface area (Å²) in [5.41, 5.74) is 5.62. The fourth-order valence-electron chi connectivity index (χ4n) is 2.70. The lowest BCUT2D eigenvalue weighted by molar-refractivity contribution is -0.0527. The van der Waals surface area contributed by atoms with Crippen molar-refractivity contribution >= 4 is 17.1 Å². The molecule has 0 saturated carbocycles. The number of imidazole rings is 1. The highest BCUT2D eigenvalue weighted by atomic mass is 16.6. The zero-order chi connectivity index (χ0) is 16.7. The Labute approximate surface area is 130 Å². The lowest BCUT2D eigenvalue weighted by Gasteiger charge is -2.15. The molecule has 4 atom stereocenters. The van der Waals surface area contributed by atoms with Gasteiger partial charge in [-0.2, -0.15) is 4.98 Å². The van der Waals surface area contributed by atoms with Crippen molar-refractivity contribution in [3.8, 4) is 0 Å². The van der Waals surface area contributed by atoms with E-state index in [1.54, 1.807) is 0 Å². The molecular weight excluding hydrogens is 306 g/mol. The third kappa shape index (κ3) is 2.32. The van der Waals surface area contributed by atoms with Gasteiger partial charge in [-0.05, 0) is 0 Å². The number of rotatable bonds is 4. The normalized spacial score (nSPS) is 27.6. The summed E-state index contributed by atoms with van der Waals surface area (Å²) in [7, 11) is 0. The predicted molar refractivity (Wildman–Crippen MR) is 79.4 cm³/mol. The van der Waals surface area contributed by atoms with Crippen LogP contribution in [0.1, 0.15) is 6.23 Å². The van der Waals surface area contributed by atoms with E-state index < -0.39 is 36.8 Å². The van der Waals surface area contributed by atoms with E-state index in [0.717, 1.165) is 4.57 Å². The first-order valence-corrected chi connectivity index (χ1v) is 6.96. The van der Waals surface area contributed by atoms with Crippen molar-refractivity contribution in [2.45, 2.75) is 31.1 Å². The number of fused-ring (bicyclic) bond motifs is 1. The summed E-state index contributed by atoms with van der Waals surface area (Å²) in [5.74, 6) is -0.0475. The number of aromatic nitrogens is 4. The van der Waals surface area contributed by atoms with Crippen LogP contribution in [-0.4, -0.2) is 59.3 Å². The highest BCUT2D eigenvalue weighted by Crippen LogP contribution is 2.30. The Kier molecular flexibility index (Phi) is 3.90. The van der Waals surface area contributed by atoms with Gasteiger partial charge in [0.15, 0.2) is 11.9 Å². The first-order chi connectivity index (χ1) is 11.0. The number of ether oxygens (including phenoxy) is 1. The molecule has 10 heteroatoms. The minimum Gasteiger partial charge on any atom is -0.394 e. The predicted octanol–water partition coefficient (Wildman–Crippen LogP) is -2.03. The van der Waals surface area contributed by atoms with E-state index in [4.69, 9.17) is 10.5 Å². The minimum atomic E-state index is -1.40. The van der Waals surface area contributed by atoms with Gasteiger partial charge in [0.1, 0.15) is 23.8 Å². The van der Waals surface area contributed by atoms with Crippen molar-refractivity contribution in [2.75, 3.05) is 12.3 Å². The molecular formula is C13H17N5O5. The van der Waals surface area contributed by atoms with Gasteiger partial charge in [0.2, 0.25) is 5.95 Å². The second kappa shape index (κ2) is 5.74. The second-order valence-corrected chi connectivity index (χ2v) is 5.22. The van der Waals surface area contributed by atoms with Crippen molar-refractivity contribution in [1.29, 1.82) is 0 Å². The molecule has 1 aliphatic heterocycles. The molecule has 1 fully saturated rings. The van der Waals surface area contributed by atoms with Crippen LogP contribution in [-0.2, 0) is 11.3 Å². The number of hydrogen-bond acceptors (Lipinski definition) is 8. The van der Waals surface area contributed by atoms with Crippen LogP contribution in [0.2, 0.25) is 0 Å². The number of allylic oxidation sites excluding steroid dienone is 1. The molecule has 0 aromatic carbocycles. The maximum Gasteiger partial charge on any atom is 0.332 e. The molecule has 0 amide bonds. The topological polar surface area (TPSA) is 149 Å². The van der Waals surface area contributed by atoms with E-state index in [0.29, 0.717) is 5.52 Å². The molecule has 124 valence electrons. The van der Waals surface area contributed by atoms with Crippen molar-refractivity contribution in [3.05, 3.63) is 29.3 Å². The second-order valence-electron chi connectivity index (χ2n) is 5.22. The van der Waals surface area contributed by atoms with Crippen molar-refractivity contribution in [3.63, 3.8) is 0 Å². The Morgan fingerprint density at radius 1 is 1.43 bits per heavy atom. The smallest absolute Gasteiger partial charge is 0.332 e. The summed E-state index contributed by atoms with van der Waals surface area (Å²) in [6.45, 7) is 3.30. The van der Waals surface area contributed by atoms with Crippen LogP contribution in [0, 0.1) is 0 Å². The quantitative estimate of drug-likeness (QED) is 0.471. The maximum atomic E-state index is 12.7. The molecule has 5 N–H and O–H groups in total. The van der Waals surface area contributed by atoms with Gasteiger partial charge in [0, 0.05) is 6.54 Å². The van der Waals surface area contributed by atoms with Gasteiger partial charge in [0.05, 0.1) is 12.8 Å². The Hall–Kier alpha value is -2.27. The van der Waals surface area contributed by atoms with Gasteiger partial charge < -0.3 is 25.8 Å². The summed E-state index contributed by atoms with van der Waals surface area (Å²) in [6, 6.07) is 0. The summed E-state index contributed by atoms with van der Waals surface area (Å²) >= 11 is 0. The average molecular weight is 323 g/mol. The Bertz CT molecular complexity index is 800. The molecule has 1 saturated heterocycles. The average Bonchev–Trinajstić information content (AvgIpc) is 2.95. The first kappa shape index (κ1) is 15.6. The molecule has 23 heavy (non-hydrogen) atoms. The molecule has 1 aliphatic rings. The van der Waals surface area contributed by atoms with Crippen LogP contribution < -0.4 is 11.4 Å². The van der Waals surface area contributed by atoms with Crippen molar-refractivity contribution < 1.29 is 20.1 Å². The minimum absolute atomic E-state index is 0.0475. The molecule has 0 unspecified atom stereocenters. The van der Waals surface area contributed by atoms with Crippen LogP contribution in [0.5, 0.6) is 0 Å². The first-order valence-electron chi connectivity index (χ1n) is 6.96. The van der Waals surface area contributed by atoms with Crippen molar-refractivity contribution in [1.82, 2.24) is 19.1 Å². The molecule has 10 nitrogen and oxygen atoms in total. The van der Waals surface area contributed by atoms with Crippen LogP contribution in [0.3, 0.4) is 0 Å². The Morgan fingerprint density at radius 3 is 2.78 bits per heavy atom. The van der Waals surface area contributed by atoms with Gasteiger partial charge >= 0.3 is 5.69 Å². The zero-order valence-corrected chi connectivity index (χ0v) is 12.1. The largest absolute Gasteiger partial charge is 0.394 e. The lowest BCUT2D eigenvalue weighted by Crippen LogP contribution is -2.36. The van der Waals surface area contributed by atoms with E-state index in [-0.39, 0.29) is 18.1 Å². The fourth-order valence-corrected chi connectivity index (χ4v) is 2.70. The zero-order valence-electron chi connectivity index (χ0n) is 12.1. The third-order valence-electron chi connectivity index (χ3n) is 3.81. The highest BCUT2D eigenvalue weighted by molar-refractivity contribution is 5.72. The van der Waals surface area contributed by atoms with Crippen LogP contribution in [0.25, 0.3) is 11.2 Å². The number of aliphatic hydroxyl groups excluding tert-OH is 3. The monoisotopic (exact) mass is 323 g/mol. The Balaban J connectivity index is 2.21. The summed E-state index contributed by atoms with van der Waals surface area (Å²) in [4.78, 5) is 20.6. The van der Waals surface area contributed by atoms with Gasteiger partial charge in [-0.25, -0.2) is 14.3 Å². The highest BCUT2D eigenvalue weighted by Gasteiger charge is 2.45. The van der Waals surface area contributed by atoms with Crippen molar-refractivity contribution in [2.24, 2.45) is 0 Å². The maximum absolute atomic E-state index is 12.7. The number of aliphatic hydroxyl groups is 3. The standard InChI is InChI=1S/C13H17N5O5/c1-2-3-17-6-4-15-12(14)16-10(6)18(13(17)22)11-9(21)8(20)7(5-19)23-11/h2,4,7-9,11,19-21H,1,3,5H2,(H2,14,15,16)/t7-,8-,9-,11-/m1/s1. The van der Waals surface area contributed by atoms with Crippen LogP contribution in [0.4, 0.5) is 5.95 Å². The SMILES string of the molecule is C=CCn1c(=O)n([C@@H]2O[C@H](CO)[C@@H](O)[C@H]2O)c2nc(N)ncc21. The van der Waals surface area contributed by atoms with E-state index in [2.05, 4.69) is 16.5 Å². The molecule has 0 radical (unpaired) electrons. The summed E-state index contributed by atoms with van der Waals surface area (Å²) < 4.78 is 7.86. The Morgan fingerprint density at radius 2 is 2.17 bits per heavy atom. The third-order valence-corrected chi connectivity index (χ3v) is 3.81. The number of hydrogen-bond donors (Lipinski definition) is 4. The number of anilines is 1. The van der Waals surface area contributed by atoms with Gasteiger partial charge in [-0.1, -0.05) is 6.08 Å². The molecule has 3 rings (SSSR count). The van der Waals surface area contributed by atoms with Gasteiger partial charge in [-0.3, -0.25) is 4.57 Å². The van der Waals surface area contributed by atoms with E-state index in [1.165, 1.54) is 16.8 Å². The van der Waals surface area contributed by atoms with E-state index >= 15 is 0 Å². The van der Waals surface area contributed by atoms with Crippen LogP contribution >= 0.6 is 0 Å². The molecule has 0 aliphatic carbocycles. The van der Waals surface area contributed by atoms with Crippen LogP contribution in [0.15, 0.2) is 23.6 Å². The lowest BCUT2D eigenvalue weighted by atomic mass is 10.1. The number of nitrogen functional groups attached to an aromatic ring is 1. The summed E-state index contributed by atoms with van der Waals surface area (Å²) in [5, 5.41) is 29.2. The molecule has 3 heterocycles. The molecule has 0 bridgehead atoms. The summed E-state index contributed by atoms with van der Waals surface area (Å²) in [6.07, 6.45) is -2.01. The molecule has 2 aromatic rings. The number of nitrogens with zero attached hydrogens (tertiary/aromatic N) is 4. The van der Waals surface area contributed by atoms with E-state index in [9.17, 15) is 20.1 Å². The molecule has 2 aromatic heterocycles.